The number of nitrogens with two attached hydrogens (primary N) is 1. The van der Waals surface area contributed by atoms with Crippen LogP contribution in [0.1, 0.15) is 0 Å². The number of aromatic nitrogens is 6. The predicted octanol–water partition coefficient (Wildman–Crippen LogP) is 0.167. The highest BCUT2D eigenvalue weighted by Gasteiger charge is 2.18. The minimum Gasteiger partial charge on any atom is -0.480 e. The lowest BCUT2D eigenvalue weighted by atomic mass is 10.3. The van der Waals surface area contributed by atoms with Crippen molar-refractivity contribution in [2.45, 2.75) is 0 Å². The summed E-state index contributed by atoms with van der Waals surface area (Å²) < 4.78 is 14.3. The first-order valence-corrected chi connectivity index (χ1v) is 5.08. The fourth-order valence-electron chi connectivity index (χ4n) is 1.32. The molecule has 0 aliphatic carbocycles. The van der Waals surface area contributed by atoms with E-state index < -0.39 is 0 Å². The van der Waals surface area contributed by atoms with Crippen LogP contribution in [0.4, 0.5) is 5.82 Å². The summed E-state index contributed by atoms with van der Waals surface area (Å²) in [5, 5.41) is 18.4. The summed E-state index contributed by atoms with van der Waals surface area (Å²) in [6, 6.07) is 3.27. The van der Waals surface area contributed by atoms with Gasteiger partial charge in [-0.15, -0.1) is 10.2 Å². The molecule has 0 bridgehead atoms. The van der Waals surface area contributed by atoms with Crippen molar-refractivity contribution in [1.29, 1.82) is 0 Å². The Kier molecular flexibility index (Phi) is 2.52. The highest BCUT2D eigenvalue weighted by molar-refractivity contribution is 5.62. The van der Waals surface area contributed by atoms with E-state index in [4.69, 9.17) is 15.0 Å². The molecule has 3 rings (SSSR count). The van der Waals surface area contributed by atoms with Crippen LogP contribution >= 0.6 is 0 Å². The molecule has 10 nitrogen and oxygen atoms in total. The van der Waals surface area contributed by atoms with E-state index >= 15 is 0 Å². The van der Waals surface area contributed by atoms with Crippen LogP contribution in [0.3, 0.4) is 0 Å². The molecular weight excluding hydrogens is 254 g/mol. The summed E-state index contributed by atoms with van der Waals surface area (Å²) >= 11 is 0. The number of methoxy groups -OCH3 is 1. The first kappa shape index (κ1) is 11.1. The second kappa shape index (κ2) is 4.33. The lowest BCUT2D eigenvalue weighted by Gasteiger charge is -1.96. The number of hydrogen-bond donors (Lipinski definition) is 1. The van der Waals surface area contributed by atoms with E-state index in [1.54, 1.807) is 12.1 Å². The quantitative estimate of drug-likeness (QED) is 0.693. The third-order valence-electron chi connectivity index (χ3n) is 2.22. The van der Waals surface area contributed by atoms with Crippen molar-refractivity contribution < 1.29 is 13.9 Å². The van der Waals surface area contributed by atoms with E-state index in [2.05, 4.69) is 35.3 Å². The summed E-state index contributed by atoms with van der Waals surface area (Å²) in [4.78, 5) is 4.08. The van der Waals surface area contributed by atoms with Gasteiger partial charge in [0, 0.05) is 6.07 Å². The van der Waals surface area contributed by atoms with E-state index in [1.165, 1.54) is 7.11 Å². The van der Waals surface area contributed by atoms with Crippen molar-refractivity contribution in [3.63, 3.8) is 0 Å². The fourth-order valence-corrected chi connectivity index (χ4v) is 1.32. The second-order valence-electron chi connectivity index (χ2n) is 3.38. The van der Waals surface area contributed by atoms with Gasteiger partial charge in [-0.2, -0.15) is 4.98 Å². The highest BCUT2D eigenvalue weighted by Crippen LogP contribution is 2.22. The molecule has 10 heteroatoms. The average Bonchev–Trinajstić information content (AvgIpc) is 3.07. The smallest absolute Gasteiger partial charge is 0.284 e. The summed E-state index contributed by atoms with van der Waals surface area (Å²) in [6.45, 7) is 0. The van der Waals surface area contributed by atoms with Gasteiger partial charge in [0.15, 0.2) is 0 Å². The minimum atomic E-state index is 0.0658. The molecule has 3 aromatic rings. The Morgan fingerprint density at radius 3 is 2.68 bits per heavy atom. The van der Waals surface area contributed by atoms with Crippen molar-refractivity contribution >= 4 is 5.82 Å². The van der Waals surface area contributed by atoms with Crippen molar-refractivity contribution in [2.24, 2.45) is 0 Å². The average molecular weight is 261 g/mol. The van der Waals surface area contributed by atoms with Gasteiger partial charge in [0.2, 0.25) is 23.2 Å². The van der Waals surface area contributed by atoms with Gasteiger partial charge in [-0.05, 0) is 16.4 Å². The Morgan fingerprint density at radius 2 is 2.05 bits per heavy atom. The van der Waals surface area contributed by atoms with Crippen LogP contribution in [0.15, 0.2) is 21.3 Å². The molecule has 2 N–H and O–H groups in total. The lowest BCUT2D eigenvalue weighted by Crippen LogP contribution is -1.93. The predicted molar refractivity (Wildman–Crippen MR) is 59.6 cm³/mol. The first-order valence-electron chi connectivity index (χ1n) is 5.08. The van der Waals surface area contributed by atoms with Crippen LogP contribution in [-0.4, -0.2) is 37.8 Å². The Balaban J connectivity index is 1.94. The van der Waals surface area contributed by atoms with Gasteiger partial charge < -0.3 is 15.0 Å². The van der Waals surface area contributed by atoms with Crippen molar-refractivity contribution in [3.8, 4) is 29.0 Å². The van der Waals surface area contributed by atoms with Crippen molar-refractivity contribution in [2.75, 3.05) is 12.8 Å². The molecule has 0 radical (unpaired) electrons. The largest absolute Gasteiger partial charge is 0.480 e. The molecule has 0 amide bonds. The van der Waals surface area contributed by atoms with E-state index in [1.807, 2.05) is 0 Å². The van der Waals surface area contributed by atoms with E-state index in [0.29, 0.717) is 11.6 Å². The Bertz CT molecular complexity index is 690. The maximum Gasteiger partial charge on any atom is 0.284 e. The molecular formula is C9H7N7O3. The number of ether oxygens (including phenoxy) is 1. The monoisotopic (exact) mass is 261 g/mol. The van der Waals surface area contributed by atoms with Gasteiger partial charge >= 0.3 is 0 Å². The topological polar surface area (TPSA) is 139 Å². The van der Waals surface area contributed by atoms with Crippen LogP contribution in [0.25, 0.3) is 23.1 Å². The van der Waals surface area contributed by atoms with Crippen LogP contribution < -0.4 is 10.5 Å². The Morgan fingerprint density at radius 1 is 1.16 bits per heavy atom. The molecule has 0 fully saturated rings. The molecule has 19 heavy (non-hydrogen) atoms. The van der Waals surface area contributed by atoms with Gasteiger partial charge in [-0.3, -0.25) is 0 Å². The zero-order valence-corrected chi connectivity index (χ0v) is 9.64. The first-order chi connectivity index (χ1) is 9.28. The second-order valence-corrected chi connectivity index (χ2v) is 3.38. The van der Waals surface area contributed by atoms with Gasteiger partial charge in [0.05, 0.1) is 7.11 Å². The normalized spacial score (nSPS) is 10.6. The number of rotatable bonds is 3. The third kappa shape index (κ3) is 1.94. The maximum absolute atomic E-state index is 5.52. The van der Waals surface area contributed by atoms with Crippen LogP contribution in [0, 0.1) is 0 Å². The fraction of sp³-hybridized carbons (Fsp3) is 0.111. The van der Waals surface area contributed by atoms with Gasteiger partial charge in [0.1, 0.15) is 5.69 Å². The van der Waals surface area contributed by atoms with E-state index in [9.17, 15) is 0 Å². The molecule has 96 valence electrons. The Hall–Kier alpha value is -3.04. The third-order valence-corrected chi connectivity index (χ3v) is 2.22. The molecule has 3 heterocycles. The van der Waals surface area contributed by atoms with Crippen LogP contribution in [0.5, 0.6) is 5.88 Å². The molecule has 0 aromatic carbocycles. The van der Waals surface area contributed by atoms with E-state index in [0.717, 1.165) is 0 Å². The number of hydrogen-bond acceptors (Lipinski definition) is 10. The molecule has 0 unspecified atom stereocenters. The molecule has 3 aromatic heterocycles. The molecule has 0 saturated carbocycles. The standard InChI is InChI=1S/C9H7N7O3/c1-17-5-3-2-4(12-13-5)8-11-9(18-16-8)6-7(10)15-19-14-6/h2-3H,1H3,(H2,10,15). The number of nitrogen functional groups attached to an aromatic ring is 1. The summed E-state index contributed by atoms with van der Waals surface area (Å²) in [7, 11) is 1.50. The zero-order valence-electron chi connectivity index (χ0n) is 9.64. The Labute approximate surface area is 105 Å². The van der Waals surface area contributed by atoms with E-state index in [-0.39, 0.29) is 23.2 Å². The van der Waals surface area contributed by atoms with Gasteiger partial charge in [-0.25, -0.2) is 4.63 Å². The van der Waals surface area contributed by atoms with Crippen molar-refractivity contribution in [3.05, 3.63) is 12.1 Å². The maximum atomic E-state index is 5.52. The molecule has 0 atom stereocenters. The van der Waals surface area contributed by atoms with Crippen LogP contribution in [-0.2, 0) is 0 Å². The summed E-state index contributed by atoms with van der Waals surface area (Å²) in [5.74, 6) is 0.785. The SMILES string of the molecule is COc1ccc(-c2noc(-c3nonc3N)n2)nn1. The van der Waals surface area contributed by atoms with Gasteiger partial charge in [0.25, 0.3) is 5.89 Å². The van der Waals surface area contributed by atoms with Crippen LogP contribution in [0.2, 0.25) is 0 Å². The highest BCUT2D eigenvalue weighted by atomic mass is 16.6. The lowest BCUT2D eigenvalue weighted by molar-refractivity contribution is 0.308. The van der Waals surface area contributed by atoms with Gasteiger partial charge in [-0.1, -0.05) is 5.16 Å². The zero-order chi connectivity index (χ0) is 13.2. The minimum absolute atomic E-state index is 0.0658. The molecule has 0 aliphatic heterocycles. The number of anilines is 1. The molecule has 0 saturated heterocycles. The molecule has 0 aliphatic rings. The summed E-state index contributed by atoms with van der Waals surface area (Å²) in [6.07, 6.45) is 0. The number of nitrogens with zero attached hydrogens (tertiary/aromatic N) is 6. The summed E-state index contributed by atoms with van der Waals surface area (Å²) in [5.41, 5.74) is 6.12. The van der Waals surface area contributed by atoms with Crippen molar-refractivity contribution in [1.82, 2.24) is 30.7 Å². The molecule has 0 spiro atoms.